The van der Waals surface area contributed by atoms with E-state index in [-0.39, 0.29) is 11.7 Å². The molecule has 1 amide bonds. The summed E-state index contributed by atoms with van der Waals surface area (Å²) in [7, 11) is 0. The number of carbonyl (C=O) groups excluding carboxylic acids is 1. The number of amides is 1. The van der Waals surface area contributed by atoms with Crippen LogP contribution in [0.2, 0.25) is 0 Å². The first kappa shape index (κ1) is 20.8. The maximum Gasteiger partial charge on any atom is 0.236 e. The lowest BCUT2D eigenvalue weighted by Crippen LogP contribution is -2.51. The molecule has 2 aromatic carbocycles. The van der Waals surface area contributed by atoms with Crippen molar-refractivity contribution < 1.29 is 9.18 Å². The quantitative estimate of drug-likeness (QED) is 0.758. The molecule has 2 saturated heterocycles. The van der Waals surface area contributed by atoms with Gasteiger partial charge in [-0.2, -0.15) is 0 Å². The minimum atomic E-state index is -0.204. The van der Waals surface area contributed by atoms with Gasteiger partial charge < -0.3 is 9.80 Å². The van der Waals surface area contributed by atoms with Crippen molar-refractivity contribution in [3.05, 3.63) is 66.0 Å². The Hall–Kier alpha value is -2.44. The molecule has 0 saturated carbocycles. The zero-order valence-electron chi connectivity index (χ0n) is 17.5. The second kappa shape index (κ2) is 10.0. The van der Waals surface area contributed by atoms with Crippen LogP contribution in [0.3, 0.4) is 0 Å². The highest BCUT2D eigenvalue weighted by atomic mass is 19.1. The van der Waals surface area contributed by atoms with Gasteiger partial charge in [-0.1, -0.05) is 30.3 Å². The van der Waals surface area contributed by atoms with Crippen LogP contribution in [-0.4, -0.2) is 79.5 Å². The summed E-state index contributed by atoms with van der Waals surface area (Å²) in [6.45, 7) is 8.51. The zero-order valence-corrected chi connectivity index (χ0v) is 17.5. The summed E-state index contributed by atoms with van der Waals surface area (Å²) in [5.74, 6) is 0.0363. The van der Waals surface area contributed by atoms with E-state index in [2.05, 4.69) is 39.0 Å². The molecule has 5 nitrogen and oxygen atoms in total. The molecule has 0 aromatic heterocycles. The average Bonchev–Trinajstić information content (AvgIpc) is 3.01. The fourth-order valence-corrected chi connectivity index (χ4v) is 4.33. The van der Waals surface area contributed by atoms with Crippen LogP contribution in [0.5, 0.6) is 0 Å². The SMILES string of the molecule is O=C(CN1CCCN(c2ccc(F)cc2)CC1)N1CCN(Cc2ccccc2)CC1. The number of carbonyl (C=O) groups is 1. The van der Waals surface area contributed by atoms with E-state index in [1.807, 2.05) is 23.1 Å². The molecule has 2 heterocycles. The van der Waals surface area contributed by atoms with Gasteiger partial charge in [-0.15, -0.1) is 0 Å². The summed E-state index contributed by atoms with van der Waals surface area (Å²) in [6, 6.07) is 17.2. The largest absolute Gasteiger partial charge is 0.370 e. The van der Waals surface area contributed by atoms with Crippen LogP contribution in [0.1, 0.15) is 12.0 Å². The molecule has 160 valence electrons. The van der Waals surface area contributed by atoms with Gasteiger partial charge in [-0.05, 0) is 36.2 Å². The predicted octanol–water partition coefficient (Wildman–Crippen LogP) is 2.68. The van der Waals surface area contributed by atoms with Gasteiger partial charge in [-0.3, -0.25) is 14.6 Å². The van der Waals surface area contributed by atoms with Crippen LogP contribution in [0.4, 0.5) is 10.1 Å². The van der Waals surface area contributed by atoms with Crippen LogP contribution in [0.25, 0.3) is 0 Å². The number of piperazine rings is 1. The van der Waals surface area contributed by atoms with Gasteiger partial charge in [0.1, 0.15) is 5.82 Å². The molecule has 0 unspecified atom stereocenters. The van der Waals surface area contributed by atoms with Crippen molar-refractivity contribution in [2.75, 3.05) is 63.8 Å². The Morgan fingerprint density at radius 1 is 0.767 bits per heavy atom. The highest BCUT2D eigenvalue weighted by Crippen LogP contribution is 2.17. The van der Waals surface area contributed by atoms with E-state index in [1.54, 1.807) is 0 Å². The van der Waals surface area contributed by atoms with Crippen LogP contribution >= 0.6 is 0 Å². The van der Waals surface area contributed by atoms with E-state index in [0.717, 1.165) is 71.0 Å². The first-order valence-corrected chi connectivity index (χ1v) is 10.9. The third kappa shape index (κ3) is 5.58. The number of anilines is 1. The minimum absolute atomic E-state index is 0.204. The summed E-state index contributed by atoms with van der Waals surface area (Å²) in [5.41, 5.74) is 2.38. The summed E-state index contributed by atoms with van der Waals surface area (Å²) in [4.78, 5) is 21.8. The Morgan fingerprint density at radius 2 is 1.47 bits per heavy atom. The second-order valence-electron chi connectivity index (χ2n) is 8.24. The topological polar surface area (TPSA) is 30.0 Å². The molecule has 0 atom stereocenters. The second-order valence-corrected chi connectivity index (χ2v) is 8.24. The van der Waals surface area contributed by atoms with Gasteiger partial charge in [0.2, 0.25) is 5.91 Å². The van der Waals surface area contributed by atoms with Crippen molar-refractivity contribution in [1.29, 1.82) is 0 Å². The van der Waals surface area contributed by atoms with E-state index >= 15 is 0 Å². The third-order valence-corrected chi connectivity index (χ3v) is 6.11. The smallest absolute Gasteiger partial charge is 0.236 e. The van der Waals surface area contributed by atoms with Crippen LogP contribution in [0, 0.1) is 5.82 Å². The number of hydrogen-bond acceptors (Lipinski definition) is 4. The number of rotatable bonds is 5. The third-order valence-electron chi connectivity index (χ3n) is 6.11. The molecule has 2 aromatic rings. The monoisotopic (exact) mass is 410 g/mol. The summed E-state index contributed by atoms with van der Waals surface area (Å²) in [5, 5.41) is 0. The Morgan fingerprint density at radius 3 is 2.20 bits per heavy atom. The first-order chi connectivity index (χ1) is 14.7. The van der Waals surface area contributed by atoms with Gasteiger partial charge in [0.25, 0.3) is 0 Å². The molecule has 30 heavy (non-hydrogen) atoms. The maximum absolute atomic E-state index is 13.2. The number of hydrogen-bond donors (Lipinski definition) is 0. The van der Waals surface area contributed by atoms with Gasteiger partial charge in [0, 0.05) is 64.6 Å². The Labute approximate surface area is 178 Å². The van der Waals surface area contributed by atoms with Gasteiger partial charge >= 0.3 is 0 Å². The molecule has 2 aliphatic rings. The fraction of sp³-hybridized carbons (Fsp3) is 0.458. The molecule has 0 bridgehead atoms. The Balaban J connectivity index is 1.22. The lowest BCUT2D eigenvalue weighted by molar-refractivity contribution is -0.134. The van der Waals surface area contributed by atoms with E-state index in [9.17, 15) is 9.18 Å². The molecule has 0 spiro atoms. The molecule has 6 heteroatoms. The van der Waals surface area contributed by atoms with Crippen molar-refractivity contribution >= 4 is 11.6 Å². The van der Waals surface area contributed by atoms with Crippen LogP contribution in [0.15, 0.2) is 54.6 Å². The van der Waals surface area contributed by atoms with Gasteiger partial charge in [-0.25, -0.2) is 4.39 Å². The number of nitrogens with zero attached hydrogens (tertiary/aromatic N) is 4. The standard InChI is InChI=1S/C24H31FN4O/c25-22-7-9-23(10-8-22)28-12-4-11-26(13-16-28)20-24(30)29-17-14-27(15-18-29)19-21-5-2-1-3-6-21/h1-3,5-10H,4,11-20H2. The van der Waals surface area contributed by atoms with Crippen molar-refractivity contribution in [2.24, 2.45) is 0 Å². The molecule has 0 aliphatic carbocycles. The van der Waals surface area contributed by atoms with E-state index in [4.69, 9.17) is 0 Å². The number of benzene rings is 2. The lowest BCUT2D eigenvalue weighted by Gasteiger charge is -2.35. The maximum atomic E-state index is 13.2. The van der Waals surface area contributed by atoms with Crippen LogP contribution in [-0.2, 0) is 11.3 Å². The lowest BCUT2D eigenvalue weighted by atomic mass is 10.2. The molecule has 4 rings (SSSR count). The summed E-state index contributed by atoms with van der Waals surface area (Å²) >= 11 is 0. The van der Waals surface area contributed by atoms with E-state index < -0.39 is 0 Å². The number of halogens is 1. The van der Waals surface area contributed by atoms with Crippen molar-refractivity contribution in [3.63, 3.8) is 0 Å². The van der Waals surface area contributed by atoms with Gasteiger partial charge in [0.05, 0.1) is 6.54 Å². The van der Waals surface area contributed by atoms with Crippen molar-refractivity contribution in [1.82, 2.24) is 14.7 Å². The predicted molar refractivity (Wildman–Crippen MR) is 118 cm³/mol. The fourth-order valence-electron chi connectivity index (χ4n) is 4.33. The average molecular weight is 411 g/mol. The van der Waals surface area contributed by atoms with E-state index in [1.165, 1.54) is 17.7 Å². The molecule has 0 radical (unpaired) electrons. The highest BCUT2D eigenvalue weighted by Gasteiger charge is 2.24. The molecular weight excluding hydrogens is 379 g/mol. The first-order valence-electron chi connectivity index (χ1n) is 10.9. The van der Waals surface area contributed by atoms with E-state index in [0.29, 0.717) is 6.54 Å². The summed E-state index contributed by atoms with van der Waals surface area (Å²) < 4.78 is 13.2. The Bertz CT molecular complexity index is 806. The van der Waals surface area contributed by atoms with Crippen molar-refractivity contribution in [2.45, 2.75) is 13.0 Å². The highest BCUT2D eigenvalue weighted by molar-refractivity contribution is 5.78. The molecular formula is C24H31FN4O. The van der Waals surface area contributed by atoms with Gasteiger partial charge in [0.15, 0.2) is 0 Å². The normalized spacial score (nSPS) is 19.0. The van der Waals surface area contributed by atoms with Crippen LogP contribution < -0.4 is 4.90 Å². The molecule has 0 N–H and O–H groups in total. The Kier molecular flexibility index (Phi) is 6.97. The molecule has 2 fully saturated rings. The minimum Gasteiger partial charge on any atom is -0.370 e. The van der Waals surface area contributed by atoms with Crippen molar-refractivity contribution in [3.8, 4) is 0 Å². The molecule has 2 aliphatic heterocycles. The summed E-state index contributed by atoms with van der Waals surface area (Å²) in [6.07, 6.45) is 1.01. The zero-order chi connectivity index (χ0) is 20.8.